The number of hydrogen-bond donors (Lipinski definition) is 1. The highest BCUT2D eigenvalue weighted by Crippen LogP contribution is 2.15. The summed E-state index contributed by atoms with van der Waals surface area (Å²) in [5, 5.41) is 0.702. The molecule has 0 saturated carbocycles. The van der Waals surface area contributed by atoms with Crippen molar-refractivity contribution in [1.82, 2.24) is 9.55 Å². The molecule has 0 atom stereocenters. The molecule has 0 amide bonds. The Labute approximate surface area is 105 Å². The fraction of sp³-hybridized carbons (Fsp3) is 0.385. The third kappa shape index (κ3) is 2.05. The lowest BCUT2D eigenvalue weighted by atomic mass is 10.1. The lowest BCUT2D eigenvalue weighted by Crippen LogP contribution is -2.26. The SMILES string of the molecule is CCC(CC)n1c(=S)[nH]c2ccccc2c1=O. The van der Waals surface area contributed by atoms with Crippen LogP contribution in [0.25, 0.3) is 10.9 Å². The van der Waals surface area contributed by atoms with Crippen LogP contribution in [-0.4, -0.2) is 9.55 Å². The molecule has 0 aliphatic rings. The monoisotopic (exact) mass is 248 g/mol. The van der Waals surface area contributed by atoms with E-state index in [1.54, 1.807) is 4.57 Å². The van der Waals surface area contributed by atoms with Gasteiger partial charge in [0, 0.05) is 6.04 Å². The summed E-state index contributed by atoms with van der Waals surface area (Å²) in [5.74, 6) is 0. The summed E-state index contributed by atoms with van der Waals surface area (Å²) in [6.45, 7) is 4.15. The number of aromatic nitrogens is 2. The Morgan fingerprint density at radius 1 is 1.29 bits per heavy atom. The van der Waals surface area contributed by atoms with Crippen molar-refractivity contribution >= 4 is 23.1 Å². The second-order valence-corrected chi connectivity index (χ2v) is 4.51. The number of rotatable bonds is 3. The maximum Gasteiger partial charge on any atom is 0.262 e. The van der Waals surface area contributed by atoms with Crippen LogP contribution in [-0.2, 0) is 0 Å². The Morgan fingerprint density at radius 2 is 1.94 bits per heavy atom. The van der Waals surface area contributed by atoms with Crippen molar-refractivity contribution in [2.24, 2.45) is 0 Å². The molecule has 0 radical (unpaired) electrons. The number of nitrogens with zero attached hydrogens (tertiary/aromatic N) is 1. The molecule has 0 aliphatic carbocycles. The smallest absolute Gasteiger partial charge is 0.262 e. The third-order valence-corrected chi connectivity index (χ3v) is 3.44. The van der Waals surface area contributed by atoms with Gasteiger partial charge in [-0.2, -0.15) is 0 Å². The molecule has 1 aromatic heterocycles. The van der Waals surface area contributed by atoms with Gasteiger partial charge in [0.2, 0.25) is 0 Å². The number of benzene rings is 1. The Hall–Kier alpha value is -1.42. The molecule has 2 rings (SSSR count). The summed E-state index contributed by atoms with van der Waals surface area (Å²) in [6.07, 6.45) is 1.82. The van der Waals surface area contributed by atoms with Crippen LogP contribution < -0.4 is 5.56 Å². The molecule has 0 fully saturated rings. The van der Waals surface area contributed by atoms with Gasteiger partial charge in [-0.15, -0.1) is 0 Å². The van der Waals surface area contributed by atoms with Gasteiger partial charge in [0.05, 0.1) is 10.9 Å². The van der Waals surface area contributed by atoms with Crippen LogP contribution in [0.4, 0.5) is 0 Å². The van der Waals surface area contributed by atoms with Gasteiger partial charge in [-0.3, -0.25) is 9.36 Å². The summed E-state index contributed by atoms with van der Waals surface area (Å²) < 4.78 is 2.22. The Balaban J connectivity index is 2.81. The molecule has 17 heavy (non-hydrogen) atoms. The van der Waals surface area contributed by atoms with E-state index in [1.165, 1.54) is 0 Å². The normalized spacial score (nSPS) is 11.2. The summed E-state index contributed by atoms with van der Waals surface area (Å²) in [5.41, 5.74) is 0.822. The second kappa shape index (κ2) is 4.84. The molecule has 0 saturated heterocycles. The van der Waals surface area contributed by atoms with Crippen molar-refractivity contribution in [3.63, 3.8) is 0 Å². The van der Waals surface area contributed by atoms with E-state index < -0.39 is 0 Å². The highest BCUT2D eigenvalue weighted by molar-refractivity contribution is 7.71. The van der Waals surface area contributed by atoms with E-state index in [2.05, 4.69) is 18.8 Å². The highest BCUT2D eigenvalue weighted by Gasteiger charge is 2.12. The molecule has 0 spiro atoms. The van der Waals surface area contributed by atoms with Crippen LogP contribution in [0.15, 0.2) is 29.1 Å². The molecule has 0 unspecified atom stereocenters. The van der Waals surface area contributed by atoms with Crippen molar-refractivity contribution < 1.29 is 0 Å². The topological polar surface area (TPSA) is 37.8 Å². The number of para-hydroxylation sites is 1. The first-order valence-corrected chi connectivity index (χ1v) is 6.33. The van der Waals surface area contributed by atoms with Gasteiger partial charge in [0.15, 0.2) is 4.77 Å². The quantitative estimate of drug-likeness (QED) is 0.845. The van der Waals surface area contributed by atoms with Gasteiger partial charge in [0.25, 0.3) is 5.56 Å². The molecule has 1 heterocycles. The predicted molar refractivity (Wildman–Crippen MR) is 73.0 cm³/mol. The number of hydrogen-bond acceptors (Lipinski definition) is 2. The first-order valence-electron chi connectivity index (χ1n) is 5.92. The molecular weight excluding hydrogens is 232 g/mol. The number of aromatic amines is 1. The Bertz CT molecular complexity index is 638. The van der Waals surface area contributed by atoms with Gasteiger partial charge in [-0.05, 0) is 37.2 Å². The zero-order valence-electron chi connectivity index (χ0n) is 10.1. The average Bonchev–Trinajstić information content (AvgIpc) is 2.34. The van der Waals surface area contributed by atoms with Crippen molar-refractivity contribution in [2.75, 3.05) is 0 Å². The molecular formula is C13H16N2OS. The van der Waals surface area contributed by atoms with Crippen LogP contribution in [0.5, 0.6) is 0 Å². The molecule has 4 heteroatoms. The predicted octanol–water partition coefficient (Wildman–Crippen LogP) is 3.42. The second-order valence-electron chi connectivity index (χ2n) is 4.12. The lowest BCUT2D eigenvalue weighted by molar-refractivity contribution is 0.450. The van der Waals surface area contributed by atoms with Gasteiger partial charge < -0.3 is 4.98 Å². The summed E-state index contributed by atoms with van der Waals surface area (Å²) in [4.78, 5) is 15.5. The van der Waals surface area contributed by atoms with E-state index >= 15 is 0 Å². The molecule has 1 N–H and O–H groups in total. The van der Waals surface area contributed by atoms with Gasteiger partial charge in [-0.1, -0.05) is 26.0 Å². The van der Waals surface area contributed by atoms with Crippen LogP contribution in [0, 0.1) is 4.77 Å². The molecule has 90 valence electrons. The first kappa shape index (κ1) is 12.0. The van der Waals surface area contributed by atoms with E-state index in [4.69, 9.17) is 12.2 Å². The molecule has 3 nitrogen and oxygen atoms in total. The maximum atomic E-state index is 12.4. The van der Waals surface area contributed by atoms with E-state index in [1.807, 2.05) is 24.3 Å². The van der Waals surface area contributed by atoms with E-state index in [9.17, 15) is 4.79 Å². The fourth-order valence-electron chi connectivity index (χ4n) is 2.16. The Morgan fingerprint density at radius 3 is 2.59 bits per heavy atom. The number of H-pyrrole nitrogens is 1. The zero-order valence-corrected chi connectivity index (χ0v) is 10.9. The third-order valence-electron chi connectivity index (χ3n) is 3.14. The minimum atomic E-state index is 0.0121. The largest absolute Gasteiger partial charge is 0.332 e. The van der Waals surface area contributed by atoms with Crippen molar-refractivity contribution in [1.29, 1.82) is 0 Å². The van der Waals surface area contributed by atoms with Crippen molar-refractivity contribution in [3.05, 3.63) is 39.4 Å². The standard InChI is InChI=1S/C13H16N2OS/c1-3-9(4-2)15-12(16)10-7-5-6-8-11(10)14-13(15)17/h5-9H,3-4H2,1-2H3,(H,14,17). The lowest BCUT2D eigenvalue weighted by Gasteiger charge is -2.16. The first-order chi connectivity index (χ1) is 8.19. The Kier molecular flexibility index (Phi) is 3.43. The van der Waals surface area contributed by atoms with Crippen LogP contribution in [0.1, 0.15) is 32.7 Å². The average molecular weight is 248 g/mol. The molecule has 0 aliphatic heterocycles. The molecule has 0 bridgehead atoms. The van der Waals surface area contributed by atoms with Gasteiger partial charge >= 0.3 is 0 Å². The minimum Gasteiger partial charge on any atom is -0.332 e. The summed E-state index contributed by atoms with van der Waals surface area (Å²) in [7, 11) is 0. The van der Waals surface area contributed by atoms with Gasteiger partial charge in [0.1, 0.15) is 0 Å². The van der Waals surface area contributed by atoms with Crippen molar-refractivity contribution in [2.45, 2.75) is 32.7 Å². The van der Waals surface area contributed by atoms with Crippen molar-refractivity contribution in [3.8, 4) is 0 Å². The highest BCUT2D eigenvalue weighted by atomic mass is 32.1. The molecule has 2 aromatic rings. The minimum absolute atomic E-state index is 0.0121. The summed E-state index contributed by atoms with van der Waals surface area (Å²) >= 11 is 5.28. The molecule has 1 aromatic carbocycles. The summed E-state index contributed by atoms with van der Waals surface area (Å²) in [6, 6.07) is 7.66. The number of nitrogens with one attached hydrogen (secondary N) is 1. The van der Waals surface area contributed by atoms with Crippen LogP contribution >= 0.6 is 12.2 Å². The number of fused-ring (bicyclic) bond motifs is 1. The van der Waals surface area contributed by atoms with E-state index in [0.29, 0.717) is 10.2 Å². The maximum absolute atomic E-state index is 12.4. The fourth-order valence-corrected chi connectivity index (χ4v) is 2.50. The van der Waals surface area contributed by atoms with Crippen LogP contribution in [0.3, 0.4) is 0 Å². The van der Waals surface area contributed by atoms with Gasteiger partial charge in [-0.25, -0.2) is 0 Å². The van der Waals surface area contributed by atoms with Crippen LogP contribution in [0.2, 0.25) is 0 Å². The van der Waals surface area contributed by atoms with E-state index in [0.717, 1.165) is 18.4 Å². The zero-order chi connectivity index (χ0) is 12.4. The van der Waals surface area contributed by atoms with E-state index in [-0.39, 0.29) is 11.6 Å².